The average Bonchev–Trinajstić information content (AvgIpc) is 2.34. The fourth-order valence-corrected chi connectivity index (χ4v) is 2.04. The van der Waals surface area contributed by atoms with Crippen LogP contribution in [0.15, 0.2) is 18.2 Å². The van der Waals surface area contributed by atoms with Gasteiger partial charge in [-0.2, -0.15) is 0 Å². The quantitative estimate of drug-likeness (QED) is 0.860. The molecular formula is C15H19FO3. The molecule has 0 aliphatic carbocycles. The summed E-state index contributed by atoms with van der Waals surface area (Å²) in [5.41, 5.74) is 0.896. The first-order valence-electron chi connectivity index (χ1n) is 6.38. The van der Waals surface area contributed by atoms with E-state index in [4.69, 9.17) is 5.11 Å². The van der Waals surface area contributed by atoms with E-state index in [1.165, 1.54) is 26.0 Å². The van der Waals surface area contributed by atoms with Crippen LogP contribution in [0.2, 0.25) is 0 Å². The van der Waals surface area contributed by atoms with Crippen molar-refractivity contribution in [1.82, 2.24) is 0 Å². The second-order valence-corrected chi connectivity index (χ2v) is 4.84. The SMILES string of the molecule is CCC(Cc1ccc(C(C)C(=O)O)c(F)c1)C(C)=O. The molecule has 0 radical (unpaired) electrons. The second kappa shape index (κ2) is 6.45. The van der Waals surface area contributed by atoms with Crippen molar-refractivity contribution in [3.8, 4) is 0 Å². The third-order valence-corrected chi connectivity index (χ3v) is 3.45. The van der Waals surface area contributed by atoms with Crippen LogP contribution in [0.5, 0.6) is 0 Å². The number of carbonyl (C=O) groups excluding carboxylic acids is 1. The molecule has 1 aromatic rings. The maximum atomic E-state index is 13.9. The van der Waals surface area contributed by atoms with E-state index in [0.717, 1.165) is 5.56 Å². The maximum Gasteiger partial charge on any atom is 0.310 e. The molecule has 1 N–H and O–H groups in total. The molecule has 0 aliphatic heterocycles. The topological polar surface area (TPSA) is 54.4 Å². The first kappa shape index (κ1) is 15.3. The Morgan fingerprint density at radius 3 is 2.42 bits per heavy atom. The fraction of sp³-hybridized carbons (Fsp3) is 0.467. The van der Waals surface area contributed by atoms with Gasteiger partial charge in [-0.05, 0) is 38.3 Å². The second-order valence-electron chi connectivity index (χ2n) is 4.84. The van der Waals surface area contributed by atoms with Gasteiger partial charge >= 0.3 is 5.97 Å². The number of halogens is 1. The van der Waals surface area contributed by atoms with Gasteiger partial charge in [-0.25, -0.2) is 4.39 Å². The van der Waals surface area contributed by atoms with Crippen LogP contribution in [0.25, 0.3) is 0 Å². The predicted molar refractivity (Wildman–Crippen MR) is 70.6 cm³/mol. The van der Waals surface area contributed by atoms with Gasteiger partial charge in [0.1, 0.15) is 11.6 Å². The molecule has 0 aromatic heterocycles. The molecule has 0 saturated heterocycles. The molecule has 0 fully saturated rings. The Hall–Kier alpha value is -1.71. The van der Waals surface area contributed by atoms with E-state index in [1.807, 2.05) is 6.92 Å². The van der Waals surface area contributed by atoms with Crippen LogP contribution < -0.4 is 0 Å². The highest BCUT2D eigenvalue weighted by Gasteiger charge is 2.19. The van der Waals surface area contributed by atoms with Gasteiger partial charge in [-0.3, -0.25) is 9.59 Å². The summed E-state index contributed by atoms with van der Waals surface area (Å²) in [5.74, 6) is -2.47. The van der Waals surface area contributed by atoms with Gasteiger partial charge in [0.05, 0.1) is 5.92 Å². The summed E-state index contributed by atoms with van der Waals surface area (Å²) < 4.78 is 13.9. The molecule has 1 aromatic carbocycles. The van der Waals surface area contributed by atoms with E-state index in [2.05, 4.69) is 0 Å². The molecule has 0 heterocycles. The average molecular weight is 266 g/mol. The van der Waals surface area contributed by atoms with Gasteiger partial charge in [0.2, 0.25) is 0 Å². The van der Waals surface area contributed by atoms with Crippen molar-refractivity contribution >= 4 is 11.8 Å². The van der Waals surface area contributed by atoms with Gasteiger partial charge in [-0.15, -0.1) is 0 Å². The minimum atomic E-state index is -1.05. The lowest BCUT2D eigenvalue weighted by Gasteiger charge is -2.13. The highest BCUT2D eigenvalue weighted by Crippen LogP contribution is 2.22. The number of carboxylic acids is 1. The lowest BCUT2D eigenvalue weighted by atomic mass is 9.91. The Balaban J connectivity index is 2.94. The summed E-state index contributed by atoms with van der Waals surface area (Å²) >= 11 is 0. The number of ketones is 1. The standard InChI is InChI=1S/C15H19FO3/c1-4-12(10(3)17)7-11-5-6-13(14(16)8-11)9(2)15(18)19/h5-6,8-9,12H,4,7H2,1-3H3,(H,18,19). The molecule has 0 aliphatic rings. The summed E-state index contributed by atoms with van der Waals surface area (Å²) in [6, 6.07) is 4.53. The van der Waals surface area contributed by atoms with Crippen molar-refractivity contribution in [2.24, 2.45) is 5.92 Å². The van der Waals surface area contributed by atoms with Crippen LogP contribution in [-0.2, 0) is 16.0 Å². The largest absolute Gasteiger partial charge is 0.481 e. The summed E-state index contributed by atoms with van der Waals surface area (Å²) in [5, 5.41) is 8.87. The zero-order valence-corrected chi connectivity index (χ0v) is 11.4. The summed E-state index contributed by atoms with van der Waals surface area (Å²) in [4.78, 5) is 22.2. The Kier molecular flexibility index (Phi) is 5.21. The Labute approximate surface area is 112 Å². The van der Waals surface area contributed by atoms with E-state index in [-0.39, 0.29) is 17.3 Å². The molecule has 104 valence electrons. The summed E-state index contributed by atoms with van der Waals surface area (Å²) in [6.07, 6.45) is 1.20. The van der Waals surface area contributed by atoms with Crippen LogP contribution in [0.3, 0.4) is 0 Å². The molecule has 3 nitrogen and oxygen atoms in total. The zero-order chi connectivity index (χ0) is 14.6. The normalized spacial score (nSPS) is 13.9. The van der Waals surface area contributed by atoms with Crippen LogP contribution in [0.1, 0.15) is 44.2 Å². The van der Waals surface area contributed by atoms with Gasteiger partial charge in [-0.1, -0.05) is 19.1 Å². The number of aliphatic carboxylic acids is 1. The zero-order valence-electron chi connectivity index (χ0n) is 11.4. The first-order chi connectivity index (χ1) is 8.86. The van der Waals surface area contributed by atoms with E-state index < -0.39 is 17.7 Å². The summed E-state index contributed by atoms with van der Waals surface area (Å²) in [6.45, 7) is 4.90. The molecular weight excluding hydrogens is 247 g/mol. The number of rotatable bonds is 6. The van der Waals surface area contributed by atoms with Gasteiger partial charge in [0, 0.05) is 11.5 Å². The van der Waals surface area contributed by atoms with Crippen LogP contribution in [0, 0.1) is 11.7 Å². The van der Waals surface area contributed by atoms with E-state index in [9.17, 15) is 14.0 Å². The van der Waals surface area contributed by atoms with E-state index in [1.54, 1.807) is 6.07 Å². The number of carbonyl (C=O) groups is 2. The van der Waals surface area contributed by atoms with Crippen LogP contribution in [-0.4, -0.2) is 16.9 Å². The highest BCUT2D eigenvalue weighted by atomic mass is 19.1. The van der Waals surface area contributed by atoms with Crippen LogP contribution >= 0.6 is 0 Å². The van der Waals surface area contributed by atoms with Gasteiger partial charge in [0.25, 0.3) is 0 Å². The van der Waals surface area contributed by atoms with Gasteiger partial charge in [0.15, 0.2) is 0 Å². The molecule has 2 unspecified atom stereocenters. The molecule has 0 bridgehead atoms. The van der Waals surface area contributed by atoms with Gasteiger partial charge < -0.3 is 5.11 Å². The van der Waals surface area contributed by atoms with Crippen LogP contribution in [0.4, 0.5) is 4.39 Å². The van der Waals surface area contributed by atoms with Crippen molar-refractivity contribution in [3.63, 3.8) is 0 Å². The fourth-order valence-electron chi connectivity index (χ4n) is 2.04. The first-order valence-corrected chi connectivity index (χ1v) is 6.38. The molecule has 2 atom stereocenters. The Morgan fingerprint density at radius 2 is 2.00 bits per heavy atom. The number of hydrogen-bond donors (Lipinski definition) is 1. The van der Waals surface area contributed by atoms with Crippen molar-refractivity contribution in [2.75, 3.05) is 0 Å². The van der Waals surface area contributed by atoms with Crippen molar-refractivity contribution in [2.45, 2.75) is 39.5 Å². The predicted octanol–water partition coefficient (Wildman–Crippen LogP) is 3.17. The third kappa shape index (κ3) is 3.88. The number of hydrogen-bond acceptors (Lipinski definition) is 2. The minimum absolute atomic E-state index is 0.0888. The molecule has 0 saturated carbocycles. The number of Topliss-reactive ketones (excluding diaryl/α,β-unsaturated/α-hetero) is 1. The molecule has 0 amide bonds. The monoisotopic (exact) mass is 266 g/mol. The van der Waals surface area contributed by atoms with Crippen molar-refractivity contribution < 1.29 is 19.1 Å². The Bertz CT molecular complexity index is 482. The molecule has 4 heteroatoms. The molecule has 0 spiro atoms. The molecule has 19 heavy (non-hydrogen) atoms. The Morgan fingerprint density at radius 1 is 1.37 bits per heavy atom. The smallest absolute Gasteiger partial charge is 0.310 e. The number of benzene rings is 1. The maximum absolute atomic E-state index is 13.9. The lowest BCUT2D eigenvalue weighted by Crippen LogP contribution is -2.14. The third-order valence-electron chi connectivity index (χ3n) is 3.45. The van der Waals surface area contributed by atoms with E-state index in [0.29, 0.717) is 12.8 Å². The molecule has 1 rings (SSSR count). The summed E-state index contributed by atoms with van der Waals surface area (Å²) in [7, 11) is 0. The minimum Gasteiger partial charge on any atom is -0.481 e. The highest BCUT2D eigenvalue weighted by molar-refractivity contribution is 5.78. The van der Waals surface area contributed by atoms with E-state index >= 15 is 0 Å². The van der Waals surface area contributed by atoms with Crippen molar-refractivity contribution in [3.05, 3.63) is 35.1 Å². The lowest BCUT2D eigenvalue weighted by molar-refractivity contribution is -0.138. The van der Waals surface area contributed by atoms with Crippen molar-refractivity contribution in [1.29, 1.82) is 0 Å². The number of carboxylic acid groups (broad SMARTS) is 1.